The van der Waals surface area contributed by atoms with Crippen molar-refractivity contribution in [3.05, 3.63) is 48.2 Å². The highest BCUT2D eigenvalue weighted by Crippen LogP contribution is 2.33. The standard InChI is InChI=1S/C26H43NO2/c1-6-7-8-21(3)27-24-14-12-22(13-15-24)11-9-20(2)10-16-25-17-23(19-28)18-26(4,5)29-25/h7-10,16,22-25,27-28H,3,6,11-15,17-19H2,1-2,4-5H3/b8-7-,16-10+,20-9+. The molecule has 3 nitrogen and oxygen atoms in total. The van der Waals surface area contributed by atoms with Crippen molar-refractivity contribution in [2.45, 2.75) is 96.8 Å². The van der Waals surface area contributed by atoms with Crippen LogP contribution in [0.25, 0.3) is 0 Å². The van der Waals surface area contributed by atoms with Crippen molar-refractivity contribution < 1.29 is 9.84 Å². The number of ether oxygens (including phenoxy) is 1. The van der Waals surface area contributed by atoms with Crippen LogP contribution in [-0.2, 0) is 4.74 Å². The SMILES string of the molecule is C=C(/C=C\CC)NC1CCC(C/C=C(C)/C=C/C2CC(CO)CC(C)(C)O2)CC1. The average Bonchev–Trinajstić information content (AvgIpc) is 2.69. The summed E-state index contributed by atoms with van der Waals surface area (Å²) in [5.41, 5.74) is 2.21. The zero-order chi connectivity index (χ0) is 21.3. The summed E-state index contributed by atoms with van der Waals surface area (Å²) >= 11 is 0. The molecule has 0 spiro atoms. The molecule has 2 aliphatic rings. The molecule has 2 unspecified atom stereocenters. The Kier molecular flexibility index (Phi) is 9.71. The van der Waals surface area contributed by atoms with E-state index in [2.05, 4.69) is 70.0 Å². The van der Waals surface area contributed by atoms with Gasteiger partial charge in [-0.25, -0.2) is 0 Å². The van der Waals surface area contributed by atoms with Gasteiger partial charge in [-0.1, -0.05) is 43.4 Å². The zero-order valence-corrected chi connectivity index (χ0v) is 19.1. The van der Waals surface area contributed by atoms with Gasteiger partial charge in [0.15, 0.2) is 0 Å². The first-order valence-corrected chi connectivity index (χ1v) is 11.6. The van der Waals surface area contributed by atoms with Gasteiger partial charge in [-0.05, 0) is 90.0 Å². The lowest BCUT2D eigenvalue weighted by Gasteiger charge is -2.39. The largest absolute Gasteiger partial charge is 0.396 e. The Morgan fingerprint density at radius 2 is 1.90 bits per heavy atom. The van der Waals surface area contributed by atoms with E-state index in [1.165, 1.54) is 31.3 Å². The van der Waals surface area contributed by atoms with Crippen LogP contribution in [0.15, 0.2) is 48.2 Å². The minimum absolute atomic E-state index is 0.107. The van der Waals surface area contributed by atoms with Crippen molar-refractivity contribution in [2.24, 2.45) is 11.8 Å². The predicted molar refractivity (Wildman–Crippen MR) is 124 cm³/mol. The summed E-state index contributed by atoms with van der Waals surface area (Å²) in [6.07, 6.45) is 20.3. The molecule has 0 bridgehead atoms. The molecule has 0 aromatic carbocycles. The maximum Gasteiger partial charge on any atom is 0.0769 e. The van der Waals surface area contributed by atoms with Crippen LogP contribution < -0.4 is 5.32 Å². The van der Waals surface area contributed by atoms with E-state index in [1.807, 2.05) is 0 Å². The first-order chi connectivity index (χ1) is 13.8. The van der Waals surface area contributed by atoms with Gasteiger partial charge in [-0.3, -0.25) is 0 Å². The van der Waals surface area contributed by atoms with E-state index in [0.29, 0.717) is 12.0 Å². The van der Waals surface area contributed by atoms with Gasteiger partial charge in [-0.15, -0.1) is 0 Å². The van der Waals surface area contributed by atoms with Crippen molar-refractivity contribution in [3.8, 4) is 0 Å². The van der Waals surface area contributed by atoms with Crippen LogP contribution in [0.1, 0.15) is 79.1 Å². The van der Waals surface area contributed by atoms with Crippen LogP contribution in [0.5, 0.6) is 0 Å². The summed E-state index contributed by atoms with van der Waals surface area (Å²) in [4.78, 5) is 0. The lowest BCUT2D eigenvalue weighted by atomic mass is 9.83. The Morgan fingerprint density at radius 3 is 2.55 bits per heavy atom. The van der Waals surface area contributed by atoms with E-state index >= 15 is 0 Å². The molecule has 1 aliphatic heterocycles. The number of aliphatic hydroxyl groups is 1. The van der Waals surface area contributed by atoms with Gasteiger partial charge in [0.25, 0.3) is 0 Å². The number of hydrogen-bond donors (Lipinski definition) is 2. The molecule has 164 valence electrons. The summed E-state index contributed by atoms with van der Waals surface area (Å²) in [6.45, 7) is 12.9. The topological polar surface area (TPSA) is 41.5 Å². The monoisotopic (exact) mass is 401 g/mol. The van der Waals surface area contributed by atoms with Gasteiger partial charge >= 0.3 is 0 Å². The highest BCUT2D eigenvalue weighted by atomic mass is 16.5. The summed E-state index contributed by atoms with van der Waals surface area (Å²) in [5, 5.41) is 13.1. The Morgan fingerprint density at radius 1 is 1.17 bits per heavy atom. The third kappa shape index (κ3) is 8.92. The Balaban J connectivity index is 1.74. The van der Waals surface area contributed by atoms with E-state index in [-0.39, 0.29) is 18.3 Å². The normalized spacial score (nSPS) is 30.7. The van der Waals surface area contributed by atoms with Gasteiger partial charge in [0.05, 0.1) is 11.7 Å². The Hall–Kier alpha value is -1.32. The molecule has 1 saturated carbocycles. The number of nitrogens with one attached hydrogen (secondary N) is 1. The first-order valence-electron chi connectivity index (χ1n) is 11.6. The zero-order valence-electron chi connectivity index (χ0n) is 19.1. The summed E-state index contributed by atoms with van der Waals surface area (Å²) in [7, 11) is 0. The second-order valence-electron chi connectivity index (χ2n) is 9.65. The molecule has 2 atom stereocenters. The van der Waals surface area contributed by atoms with Crippen molar-refractivity contribution in [1.29, 1.82) is 0 Å². The van der Waals surface area contributed by atoms with E-state index in [9.17, 15) is 5.11 Å². The minimum atomic E-state index is -0.150. The molecule has 0 amide bonds. The van der Waals surface area contributed by atoms with E-state index < -0.39 is 0 Å². The maximum atomic E-state index is 9.55. The van der Waals surface area contributed by atoms with Crippen LogP contribution >= 0.6 is 0 Å². The summed E-state index contributed by atoms with van der Waals surface area (Å²) < 4.78 is 6.17. The van der Waals surface area contributed by atoms with Crippen molar-refractivity contribution in [3.63, 3.8) is 0 Å². The average molecular weight is 402 g/mol. The van der Waals surface area contributed by atoms with E-state index in [0.717, 1.165) is 37.3 Å². The van der Waals surface area contributed by atoms with Crippen LogP contribution in [0.3, 0.4) is 0 Å². The second-order valence-corrected chi connectivity index (χ2v) is 9.65. The van der Waals surface area contributed by atoms with Crippen LogP contribution in [0, 0.1) is 11.8 Å². The molecule has 2 fully saturated rings. The van der Waals surface area contributed by atoms with Gasteiger partial charge in [0.2, 0.25) is 0 Å². The fourth-order valence-electron chi connectivity index (χ4n) is 4.66. The molecule has 1 saturated heterocycles. The maximum absolute atomic E-state index is 9.55. The fourth-order valence-corrected chi connectivity index (χ4v) is 4.66. The van der Waals surface area contributed by atoms with E-state index in [4.69, 9.17) is 4.74 Å². The minimum Gasteiger partial charge on any atom is -0.396 e. The van der Waals surface area contributed by atoms with Gasteiger partial charge in [-0.2, -0.15) is 0 Å². The molecular formula is C26H43NO2. The van der Waals surface area contributed by atoms with Crippen molar-refractivity contribution in [2.75, 3.05) is 6.61 Å². The molecular weight excluding hydrogens is 358 g/mol. The molecule has 2 rings (SSSR count). The van der Waals surface area contributed by atoms with Gasteiger partial charge in [0.1, 0.15) is 0 Å². The molecule has 2 N–H and O–H groups in total. The third-order valence-electron chi connectivity index (χ3n) is 6.21. The van der Waals surface area contributed by atoms with Crippen LogP contribution in [-0.4, -0.2) is 29.5 Å². The lowest BCUT2D eigenvalue weighted by Crippen LogP contribution is -2.39. The first kappa shape index (κ1) is 24.0. The quantitative estimate of drug-likeness (QED) is 0.460. The van der Waals surface area contributed by atoms with Crippen molar-refractivity contribution in [1.82, 2.24) is 5.32 Å². The number of aliphatic hydroxyl groups excluding tert-OH is 1. The lowest BCUT2D eigenvalue weighted by molar-refractivity contribution is -0.112. The third-order valence-corrected chi connectivity index (χ3v) is 6.21. The highest BCUT2D eigenvalue weighted by molar-refractivity contribution is 5.18. The molecule has 0 radical (unpaired) electrons. The van der Waals surface area contributed by atoms with Gasteiger partial charge in [0, 0.05) is 18.3 Å². The van der Waals surface area contributed by atoms with Crippen molar-refractivity contribution >= 4 is 0 Å². The predicted octanol–water partition coefficient (Wildman–Crippen LogP) is 6.07. The Bertz CT molecular complexity index is 594. The molecule has 1 heterocycles. The highest BCUT2D eigenvalue weighted by Gasteiger charge is 2.33. The fraction of sp³-hybridized carbons (Fsp3) is 0.692. The van der Waals surface area contributed by atoms with E-state index in [1.54, 1.807) is 0 Å². The molecule has 29 heavy (non-hydrogen) atoms. The van der Waals surface area contributed by atoms with Crippen LogP contribution in [0.4, 0.5) is 0 Å². The Labute approximate surface area is 179 Å². The number of rotatable bonds is 9. The molecule has 0 aromatic rings. The molecule has 3 heteroatoms. The number of hydrogen-bond acceptors (Lipinski definition) is 3. The summed E-state index contributed by atoms with van der Waals surface area (Å²) in [5.74, 6) is 1.13. The second kappa shape index (κ2) is 11.8. The molecule has 1 aliphatic carbocycles. The number of allylic oxidation sites excluding steroid dienone is 5. The van der Waals surface area contributed by atoms with Crippen LogP contribution in [0.2, 0.25) is 0 Å². The van der Waals surface area contributed by atoms with Gasteiger partial charge < -0.3 is 15.2 Å². The summed E-state index contributed by atoms with van der Waals surface area (Å²) in [6, 6.07) is 0.580. The smallest absolute Gasteiger partial charge is 0.0769 e. The molecule has 0 aromatic heterocycles.